The number of ether oxygens (including phenoxy) is 2. The highest BCUT2D eigenvalue weighted by Gasteiger charge is 2.41. The Labute approximate surface area is 92.2 Å². The Hall–Kier alpha value is -1.60. The van der Waals surface area contributed by atoms with E-state index >= 15 is 0 Å². The molecular formula is C9H14N2O5. The summed E-state index contributed by atoms with van der Waals surface area (Å²) in [6.07, 6.45) is 0. The fraction of sp³-hybridized carbons (Fsp3) is 0.556. The van der Waals surface area contributed by atoms with Crippen molar-refractivity contribution in [1.82, 2.24) is 5.43 Å². The highest BCUT2D eigenvalue weighted by atomic mass is 16.7. The maximum atomic E-state index is 11.5. The van der Waals surface area contributed by atoms with E-state index in [1.54, 1.807) is 0 Å². The SMILES string of the molecule is C[C@@H](NN)C(O)=C1C(=O)OC(C)(C)OC1=O. The molecule has 1 atom stereocenters. The summed E-state index contributed by atoms with van der Waals surface area (Å²) in [4.78, 5) is 22.9. The summed E-state index contributed by atoms with van der Waals surface area (Å²) in [7, 11) is 0. The van der Waals surface area contributed by atoms with E-state index in [0.717, 1.165) is 0 Å². The van der Waals surface area contributed by atoms with Crippen LogP contribution in [-0.4, -0.2) is 28.9 Å². The van der Waals surface area contributed by atoms with Gasteiger partial charge in [0.05, 0.1) is 6.04 Å². The van der Waals surface area contributed by atoms with E-state index < -0.39 is 35.1 Å². The number of esters is 2. The van der Waals surface area contributed by atoms with Gasteiger partial charge in [0.2, 0.25) is 0 Å². The average molecular weight is 230 g/mol. The zero-order valence-electron chi connectivity index (χ0n) is 9.23. The molecule has 7 nitrogen and oxygen atoms in total. The highest BCUT2D eigenvalue weighted by molar-refractivity contribution is 6.15. The predicted molar refractivity (Wildman–Crippen MR) is 52.7 cm³/mol. The molecule has 0 aromatic carbocycles. The van der Waals surface area contributed by atoms with Gasteiger partial charge >= 0.3 is 11.9 Å². The molecule has 0 aromatic rings. The molecule has 0 unspecified atom stereocenters. The van der Waals surface area contributed by atoms with Gasteiger partial charge < -0.3 is 14.6 Å². The van der Waals surface area contributed by atoms with Crippen molar-refractivity contribution >= 4 is 11.9 Å². The lowest BCUT2D eigenvalue weighted by atomic mass is 10.1. The molecule has 0 aliphatic carbocycles. The number of carbonyl (C=O) groups excluding carboxylic acids is 2. The molecule has 0 radical (unpaired) electrons. The molecule has 0 saturated carbocycles. The van der Waals surface area contributed by atoms with Crippen molar-refractivity contribution in [2.45, 2.75) is 32.6 Å². The van der Waals surface area contributed by atoms with Gasteiger partial charge in [0, 0.05) is 13.8 Å². The van der Waals surface area contributed by atoms with Crippen LogP contribution < -0.4 is 11.3 Å². The Kier molecular flexibility index (Phi) is 3.20. The van der Waals surface area contributed by atoms with Crippen molar-refractivity contribution in [1.29, 1.82) is 0 Å². The maximum absolute atomic E-state index is 11.5. The fourth-order valence-electron chi connectivity index (χ4n) is 1.16. The number of aliphatic hydroxyl groups excluding tert-OH is 1. The number of cyclic esters (lactones) is 2. The lowest BCUT2D eigenvalue weighted by Gasteiger charge is -2.30. The first-order chi connectivity index (χ1) is 7.28. The number of hydrogen-bond donors (Lipinski definition) is 3. The van der Waals surface area contributed by atoms with Crippen LogP contribution in [0.2, 0.25) is 0 Å². The predicted octanol–water partition coefficient (Wildman–Crippen LogP) is -0.514. The minimum Gasteiger partial charge on any atom is -0.509 e. The van der Waals surface area contributed by atoms with Gasteiger partial charge in [-0.25, -0.2) is 9.59 Å². The van der Waals surface area contributed by atoms with Gasteiger partial charge in [-0.3, -0.25) is 11.3 Å². The quantitative estimate of drug-likeness (QED) is 0.146. The third kappa shape index (κ3) is 2.31. The lowest BCUT2D eigenvalue weighted by molar-refractivity contribution is -0.222. The molecule has 7 heteroatoms. The second kappa shape index (κ2) is 4.11. The number of hydrogen-bond acceptors (Lipinski definition) is 7. The van der Waals surface area contributed by atoms with Crippen molar-refractivity contribution in [3.63, 3.8) is 0 Å². The van der Waals surface area contributed by atoms with E-state index in [9.17, 15) is 14.7 Å². The summed E-state index contributed by atoms with van der Waals surface area (Å²) in [5, 5.41) is 9.59. The minimum atomic E-state index is -1.32. The molecule has 1 heterocycles. The Morgan fingerprint density at radius 2 is 1.81 bits per heavy atom. The number of nitrogens with two attached hydrogens (primary N) is 1. The molecule has 0 amide bonds. The van der Waals surface area contributed by atoms with Crippen molar-refractivity contribution in [2.75, 3.05) is 0 Å². The first-order valence-electron chi connectivity index (χ1n) is 4.64. The number of aliphatic hydroxyl groups is 1. The van der Waals surface area contributed by atoms with Crippen LogP contribution in [0.4, 0.5) is 0 Å². The number of hydrazine groups is 1. The van der Waals surface area contributed by atoms with Gasteiger partial charge in [0.25, 0.3) is 5.79 Å². The van der Waals surface area contributed by atoms with Gasteiger partial charge in [-0.1, -0.05) is 0 Å². The van der Waals surface area contributed by atoms with Crippen molar-refractivity contribution in [3.05, 3.63) is 11.3 Å². The summed E-state index contributed by atoms with van der Waals surface area (Å²) >= 11 is 0. The van der Waals surface area contributed by atoms with Gasteiger partial charge in [-0.05, 0) is 6.92 Å². The van der Waals surface area contributed by atoms with Crippen LogP contribution in [0.15, 0.2) is 11.3 Å². The molecule has 1 fully saturated rings. The minimum absolute atomic E-state index is 0.506. The molecule has 1 aliphatic rings. The first kappa shape index (κ1) is 12.5. The number of rotatable bonds is 2. The van der Waals surface area contributed by atoms with E-state index in [0.29, 0.717) is 0 Å². The normalized spacial score (nSPS) is 21.1. The summed E-state index contributed by atoms with van der Waals surface area (Å²) in [6, 6.07) is -0.753. The second-order valence-electron chi connectivity index (χ2n) is 3.83. The van der Waals surface area contributed by atoms with Crippen molar-refractivity contribution in [3.8, 4) is 0 Å². The monoisotopic (exact) mass is 230 g/mol. The van der Waals surface area contributed by atoms with Gasteiger partial charge in [-0.2, -0.15) is 0 Å². The zero-order chi connectivity index (χ0) is 12.5. The molecule has 0 aromatic heterocycles. The largest absolute Gasteiger partial charge is 0.509 e. The molecular weight excluding hydrogens is 216 g/mol. The molecule has 1 saturated heterocycles. The highest BCUT2D eigenvalue weighted by Crippen LogP contribution is 2.24. The van der Waals surface area contributed by atoms with E-state index in [1.165, 1.54) is 20.8 Å². The Morgan fingerprint density at radius 3 is 2.19 bits per heavy atom. The van der Waals surface area contributed by atoms with Crippen LogP contribution in [0.3, 0.4) is 0 Å². The van der Waals surface area contributed by atoms with Gasteiger partial charge in [-0.15, -0.1) is 0 Å². The molecule has 1 aliphatic heterocycles. The third-order valence-corrected chi connectivity index (χ3v) is 2.00. The van der Waals surface area contributed by atoms with Crippen LogP contribution in [0.25, 0.3) is 0 Å². The van der Waals surface area contributed by atoms with Crippen molar-refractivity contribution in [2.24, 2.45) is 5.84 Å². The van der Waals surface area contributed by atoms with Gasteiger partial charge in [0.15, 0.2) is 5.57 Å². The van der Waals surface area contributed by atoms with Crippen LogP contribution >= 0.6 is 0 Å². The zero-order valence-corrected chi connectivity index (χ0v) is 9.23. The number of nitrogens with one attached hydrogen (secondary N) is 1. The standard InChI is InChI=1S/C9H14N2O5/c1-4(11-10)6(12)5-7(13)15-9(2,3)16-8(5)14/h4,11-12H,10H2,1-3H3/t4-/m1/s1. The van der Waals surface area contributed by atoms with E-state index in [1.807, 2.05) is 0 Å². The maximum Gasteiger partial charge on any atom is 0.352 e. The van der Waals surface area contributed by atoms with Crippen molar-refractivity contribution < 1.29 is 24.2 Å². The van der Waals surface area contributed by atoms with Gasteiger partial charge in [0.1, 0.15) is 5.76 Å². The van der Waals surface area contributed by atoms with Crippen LogP contribution in [0.1, 0.15) is 20.8 Å². The molecule has 4 N–H and O–H groups in total. The Balaban J connectivity index is 3.08. The molecule has 0 spiro atoms. The van der Waals surface area contributed by atoms with Crippen LogP contribution in [0, 0.1) is 0 Å². The second-order valence-corrected chi connectivity index (χ2v) is 3.83. The number of carbonyl (C=O) groups is 2. The summed E-state index contributed by atoms with van der Waals surface area (Å²) in [6.45, 7) is 4.31. The van der Waals surface area contributed by atoms with Crippen LogP contribution in [0.5, 0.6) is 0 Å². The van der Waals surface area contributed by atoms with E-state index in [4.69, 9.17) is 15.3 Å². The molecule has 16 heavy (non-hydrogen) atoms. The summed E-state index contributed by atoms with van der Waals surface area (Å²) in [5.74, 6) is 1.39. The topological polar surface area (TPSA) is 111 Å². The smallest absolute Gasteiger partial charge is 0.352 e. The molecule has 0 bridgehead atoms. The van der Waals surface area contributed by atoms with E-state index in [2.05, 4.69) is 5.43 Å². The van der Waals surface area contributed by atoms with Crippen LogP contribution in [-0.2, 0) is 19.1 Å². The van der Waals surface area contributed by atoms with E-state index in [-0.39, 0.29) is 0 Å². The first-order valence-corrected chi connectivity index (χ1v) is 4.64. The lowest BCUT2D eigenvalue weighted by Crippen LogP contribution is -2.44. The average Bonchev–Trinajstić information content (AvgIpc) is 2.13. The third-order valence-electron chi connectivity index (χ3n) is 2.00. The fourth-order valence-corrected chi connectivity index (χ4v) is 1.16. The Bertz CT molecular complexity index is 339. The summed E-state index contributed by atoms with van der Waals surface area (Å²) < 4.78 is 9.61. The summed E-state index contributed by atoms with van der Waals surface area (Å²) in [5.41, 5.74) is 1.66. The Morgan fingerprint density at radius 1 is 1.38 bits per heavy atom. The molecule has 90 valence electrons. The molecule has 1 rings (SSSR count).